The molecule has 1 aromatic heterocycles. The van der Waals surface area contributed by atoms with Gasteiger partial charge in [0.15, 0.2) is 0 Å². The molecule has 0 amide bonds. The van der Waals surface area contributed by atoms with Gasteiger partial charge in [-0.15, -0.1) is 0 Å². The highest BCUT2D eigenvalue weighted by molar-refractivity contribution is 5.88. The SMILES string of the molecule is Cc1cc(C)c2c(c1)c(C)c(C)n2CC(C)C#N. The van der Waals surface area contributed by atoms with Crippen LogP contribution in [0.25, 0.3) is 10.9 Å². The fourth-order valence-corrected chi connectivity index (χ4v) is 2.71. The lowest BCUT2D eigenvalue weighted by atomic mass is 10.1. The number of aryl methyl sites for hydroxylation is 3. The van der Waals surface area contributed by atoms with E-state index in [2.05, 4.69) is 50.5 Å². The smallest absolute Gasteiger partial charge is 0.0671 e. The van der Waals surface area contributed by atoms with Crippen LogP contribution in [0, 0.1) is 44.9 Å². The molecule has 94 valence electrons. The zero-order valence-electron chi connectivity index (χ0n) is 11.8. The van der Waals surface area contributed by atoms with Crippen molar-refractivity contribution >= 4 is 10.9 Å². The molecule has 0 aliphatic heterocycles. The van der Waals surface area contributed by atoms with Gasteiger partial charge in [-0.25, -0.2) is 0 Å². The van der Waals surface area contributed by atoms with Gasteiger partial charge in [-0.1, -0.05) is 11.6 Å². The lowest BCUT2D eigenvalue weighted by molar-refractivity contribution is 0.584. The summed E-state index contributed by atoms with van der Waals surface area (Å²) in [6, 6.07) is 6.79. The fraction of sp³-hybridized carbons (Fsp3) is 0.438. The summed E-state index contributed by atoms with van der Waals surface area (Å²) in [5.41, 5.74) is 6.50. The number of nitrogens with zero attached hydrogens (tertiary/aromatic N) is 2. The highest BCUT2D eigenvalue weighted by Crippen LogP contribution is 2.29. The third-order valence-electron chi connectivity index (χ3n) is 3.74. The van der Waals surface area contributed by atoms with Crippen LogP contribution in [0.5, 0.6) is 0 Å². The molecule has 0 aliphatic rings. The van der Waals surface area contributed by atoms with Gasteiger partial charge in [0, 0.05) is 17.6 Å². The maximum absolute atomic E-state index is 9.02. The van der Waals surface area contributed by atoms with Crippen molar-refractivity contribution in [1.29, 1.82) is 5.26 Å². The highest BCUT2D eigenvalue weighted by atomic mass is 15.0. The second-order valence-corrected chi connectivity index (χ2v) is 5.33. The van der Waals surface area contributed by atoms with Crippen LogP contribution in [-0.2, 0) is 6.54 Å². The second kappa shape index (κ2) is 4.49. The van der Waals surface area contributed by atoms with Crippen LogP contribution in [0.4, 0.5) is 0 Å². The van der Waals surface area contributed by atoms with Crippen molar-refractivity contribution in [2.75, 3.05) is 0 Å². The Bertz CT molecular complexity index is 641. The summed E-state index contributed by atoms with van der Waals surface area (Å²) >= 11 is 0. The number of aromatic nitrogens is 1. The third kappa shape index (κ3) is 1.90. The van der Waals surface area contributed by atoms with E-state index in [9.17, 15) is 0 Å². The van der Waals surface area contributed by atoms with Crippen molar-refractivity contribution in [3.8, 4) is 6.07 Å². The van der Waals surface area contributed by atoms with Gasteiger partial charge in [0.2, 0.25) is 0 Å². The van der Waals surface area contributed by atoms with E-state index >= 15 is 0 Å². The van der Waals surface area contributed by atoms with E-state index in [-0.39, 0.29) is 5.92 Å². The van der Waals surface area contributed by atoms with Crippen LogP contribution < -0.4 is 0 Å². The predicted molar refractivity (Wildman–Crippen MR) is 75.7 cm³/mol. The minimum Gasteiger partial charge on any atom is -0.343 e. The van der Waals surface area contributed by atoms with E-state index in [0.717, 1.165) is 6.54 Å². The molecule has 0 bridgehead atoms. The van der Waals surface area contributed by atoms with E-state index in [1.807, 2.05) is 6.92 Å². The van der Waals surface area contributed by atoms with Crippen LogP contribution in [-0.4, -0.2) is 4.57 Å². The van der Waals surface area contributed by atoms with Gasteiger partial charge in [-0.2, -0.15) is 5.26 Å². The predicted octanol–water partition coefficient (Wildman–Crippen LogP) is 4.03. The summed E-state index contributed by atoms with van der Waals surface area (Å²) in [4.78, 5) is 0. The molecule has 2 aromatic rings. The molecule has 0 radical (unpaired) electrons. The number of fused-ring (bicyclic) bond motifs is 1. The minimum atomic E-state index is 0.0411. The van der Waals surface area contributed by atoms with Crippen LogP contribution in [0.15, 0.2) is 12.1 Å². The molecule has 18 heavy (non-hydrogen) atoms. The van der Waals surface area contributed by atoms with Gasteiger partial charge in [0.1, 0.15) is 0 Å². The lowest BCUT2D eigenvalue weighted by Crippen LogP contribution is -2.08. The molecule has 2 nitrogen and oxygen atoms in total. The van der Waals surface area contributed by atoms with Crippen molar-refractivity contribution in [3.05, 3.63) is 34.5 Å². The first-order valence-electron chi connectivity index (χ1n) is 6.42. The first kappa shape index (κ1) is 12.7. The Hall–Kier alpha value is -1.75. The average Bonchev–Trinajstić information content (AvgIpc) is 2.54. The highest BCUT2D eigenvalue weighted by Gasteiger charge is 2.14. The third-order valence-corrected chi connectivity index (χ3v) is 3.74. The first-order chi connectivity index (χ1) is 8.45. The van der Waals surface area contributed by atoms with E-state index < -0.39 is 0 Å². The first-order valence-corrected chi connectivity index (χ1v) is 6.42. The Labute approximate surface area is 109 Å². The molecule has 0 aliphatic carbocycles. The van der Waals surface area contributed by atoms with Crippen molar-refractivity contribution in [1.82, 2.24) is 4.57 Å². The van der Waals surface area contributed by atoms with Crippen LogP contribution in [0.1, 0.15) is 29.3 Å². The Balaban J connectivity index is 2.74. The summed E-state index contributed by atoms with van der Waals surface area (Å²) in [5.74, 6) is 0.0411. The van der Waals surface area contributed by atoms with E-state index in [1.165, 1.54) is 33.3 Å². The molecule has 2 heteroatoms. The monoisotopic (exact) mass is 240 g/mol. The topological polar surface area (TPSA) is 28.7 Å². The zero-order chi connectivity index (χ0) is 13.4. The van der Waals surface area contributed by atoms with Gasteiger partial charge < -0.3 is 4.57 Å². The van der Waals surface area contributed by atoms with Crippen molar-refractivity contribution in [3.63, 3.8) is 0 Å². The molecular weight excluding hydrogens is 220 g/mol. The maximum atomic E-state index is 9.02. The molecule has 1 unspecified atom stereocenters. The van der Waals surface area contributed by atoms with Crippen molar-refractivity contribution in [2.45, 2.75) is 41.2 Å². The van der Waals surface area contributed by atoms with Gasteiger partial charge >= 0.3 is 0 Å². The van der Waals surface area contributed by atoms with Gasteiger partial charge in [-0.3, -0.25) is 0 Å². The van der Waals surface area contributed by atoms with Crippen molar-refractivity contribution in [2.24, 2.45) is 5.92 Å². The molecule has 1 atom stereocenters. The average molecular weight is 240 g/mol. The van der Waals surface area contributed by atoms with Crippen LogP contribution in [0.3, 0.4) is 0 Å². The molecular formula is C16H20N2. The fourth-order valence-electron chi connectivity index (χ4n) is 2.71. The Morgan fingerprint density at radius 2 is 1.89 bits per heavy atom. The molecule has 1 aromatic carbocycles. The molecule has 0 fully saturated rings. The molecule has 1 heterocycles. The summed E-state index contributed by atoms with van der Waals surface area (Å²) in [6.07, 6.45) is 0. The van der Waals surface area contributed by atoms with Gasteiger partial charge in [0.05, 0.1) is 17.5 Å². The normalized spacial score (nSPS) is 12.7. The quantitative estimate of drug-likeness (QED) is 0.779. The number of benzene rings is 1. The second-order valence-electron chi connectivity index (χ2n) is 5.33. The van der Waals surface area contributed by atoms with E-state index in [4.69, 9.17) is 5.26 Å². The van der Waals surface area contributed by atoms with E-state index in [0.29, 0.717) is 0 Å². The summed E-state index contributed by atoms with van der Waals surface area (Å²) in [6.45, 7) is 11.4. The Morgan fingerprint density at radius 3 is 2.50 bits per heavy atom. The molecule has 0 saturated carbocycles. The lowest BCUT2D eigenvalue weighted by Gasteiger charge is -2.11. The minimum absolute atomic E-state index is 0.0411. The maximum Gasteiger partial charge on any atom is 0.0671 e. The molecule has 0 spiro atoms. The summed E-state index contributed by atoms with van der Waals surface area (Å²) < 4.78 is 2.30. The van der Waals surface area contributed by atoms with Crippen LogP contribution in [0.2, 0.25) is 0 Å². The zero-order valence-corrected chi connectivity index (χ0v) is 11.8. The van der Waals surface area contributed by atoms with Gasteiger partial charge in [-0.05, 0) is 51.8 Å². The largest absolute Gasteiger partial charge is 0.343 e. The Kier molecular flexibility index (Phi) is 3.17. The van der Waals surface area contributed by atoms with Gasteiger partial charge in [0.25, 0.3) is 0 Å². The summed E-state index contributed by atoms with van der Waals surface area (Å²) in [7, 11) is 0. The van der Waals surface area contributed by atoms with Crippen molar-refractivity contribution < 1.29 is 0 Å². The number of hydrogen-bond donors (Lipinski definition) is 0. The van der Waals surface area contributed by atoms with Crippen LogP contribution >= 0.6 is 0 Å². The van der Waals surface area contributed by atoms with E-state index in [1.54, 1.807) is 0 Å². The Morgan fingerprint density at radius 1 is 1.22 bits per heavy atom. The summed E-state index contributed by atoms with van der Waals surface area (Å²) in [5, 5.41) is 10.3. The standard InChI is InChI=1S/C16H20N2/c1-10-6-12(3)16-15(7-10)13(4)14(5)18(16)9-11(2)8-17/h6-7,11H,9H2,1-5H3. The number of nitriles is 1. The molecule has 0 saturated heterocycles. The molecule has 2 rings (SSSR count). The molecule has 0 N–H and O–H groups in total. The number of rotatable bonds is 2. The number of hydrogen-bond acceptors (Lipinski definition) is 1.